The molecule has 3 rings (SSSR count). The molecule has 140 valence electrons. The van der Waals surface area contributed by atoms with Crippen molar-refractivity contribution >= 4 is 11.7 Å². The molecule has 7 heteroatoms. The number of carbonyl (C=O) groups is 1. The maximum atomic E-state index is 12.0. The molecule has 27 heavy (non-hydrogen) atoms. The number of carbonyl (C=O) groups excluding carboxylic acids is 1. The largest absolute Gasteiger partial charge is 0.497 e. The number of aromatic nitrogens is 3. The van der Waals surface area contributed by atoms with E-state index in [1.54, 1.807) is 24.1 Å². The molecule has 2 heterocycles. The maximum Gasteiger partial charge on any atom is 0.225 e. The van der Waals surface area contributed by atoms with E-state index in [0.717, 1.165) is 17.2 Å². The molecule has 0 unspecified atom stereocenters. The second-order valence-corrected chi connectivity index (χ2v) is 5.90. The van der Waals surface area contributed by atoms with Crippen LogP contribution in [0.1, 0.15) is 18.5 Å². The third kappa shape index (κ3) is 5.85. The van der Waals surface area contributed by atoms with Gasteiger partial charge in [-0.15, -0.1) is 0 Å². The van der Waals surface area contributed by atoms with Gasteiger partial charge in [0.2, 0.25) is 5.91 Å². The predicted octanol–water partition coefficient (Wildman–Crippen LogP) is 3.13. The number of hydrogen-bond donors (Lipinski definition) is 1. The lowest BCUT2D eigenvalue weighted by Crippen LogP contribution is -2.13. The molecule has 1 amide bonds. The zero-order valence-electron chi connectivity index (χ0n) is 15.2. The molecule has 1 aromatic carbocycles. The van der Waals surface area contributed by atoms with Crippen molar-refractivity contribution in [1.29, 1.82) is 0 Å². The van der Waals surface area contributed by atoms with Crippen LogP contribution in [-0.2, 0) is 11.3 Å². The fraction of sp³-hybridized carbons (Fsp3) is 0.250. The first kappa shape index (κ1) is 18.4. The van der Waals surface area contributed by atoms with E-state index in [-0.39, 0.29) is 5.91 Å². The number of pyridine rings is 1. The third-order valence-corrected chi connectivity index (χ3v) is 3.83. The summed E-state index contributed by atoms with van der Waals surface area (Å²) in [5.74, 6) is 1.98. The van der Waals surface area contributed by atoms with E-state index in [2.05, 4.69) is 15.4 Å². The van der Waals surface area contributed by atoms with Crippen molar-refractivity contribution in [2.75, 3.05) is 19.0 Å². The second-order valence-electron chi connectivity index (χ2n) is 5.90. The van der Waals surface area contributed by atoms with E-state index in [1.807, 2.05) is 48.7 Å². The van der Waals surface area contributed by atoms with Gasteiger partial charge >= 0.3 is 0 Å². The van der Waals surface area contributed by atoms with Gasteiger partial charge in [0.15, 0.2) is 5.82 Å². The molecule has 2 aromatic heterocycles. The highest BCUT2D eigenvalue weighted by Gasteiger charge is 2.06. The van der Waals surface area contributed by atoms with Crippen LogP contribution < -0.4 is 14.8 Å². The Hall–Kier alpha value is -3.35. The molecule has 3 aromatic rings. The summed E-state index contributed by atoms with van der Waals surface area (Å²) in [5, 5.41) is 7.14. The van der Waals surface area contributed by atoms with Gasteiger partial charge < -0.3 is 14.8 Å². The van der Waals surface area contributed by atoms with Gasteiger partial charge in [0.1, 0.15) is 11.5 Å². The summed E-state index contributed by atoms with van der Waals surface area (Å²) in [6.45, 7) is 1.03. The first-order valence-electron chi connectivity index (χ1n) is 8.73. The topological polar surface area (TPSA) is 78.3 Å². The van der Waals surface area contributed by atoms with Crippen LogP contribution in [0.3, 0.4) is 0 Å². The molecule has 0 saturated heterocycles. The van der Waals surface area contributed by atoms with Gasteiger partial charge in [-0.1, -0.05) is 6.07 Å². The minimum Gasteiger partial charge on any atom is -0.497 e. The minimum absolute atomic E-state index is 0.0867. The van der Waals surface area contributed by atoms with Gasteiger partial charge in [0.25, 0.3) is 0 Å². The number of methoxy groups -OCH3 is 1. The van der Waals surface area contributed by atoms with E-state index < -0.39 is 0 Å². The molecule has 0 spiro atoms. The number of anilines is 1. The van der Waals surface area contributed by atoms with Crippen LogP contribution in [0.4, 0.5) is 5.82 Å². The second kappa shape index (κ2) is 9.38. The molecule has 7 nitrogen and oxygen atoms in total. The summed E-state index contributed by atoms with van der Waals surface area (Å²) in [5.41, 5.74) is 0.911. The highest BCUT2D eigenvalue weighted by molar-refractivity contribution is 5.89. The first-order chi connectivity index (χ1) is 13.2. The lowest BCUT2D eigenvalue weighted by molar-refractivity contribution is -0.116. The molecule has 0 aliphatic carbocycles. The number of nitrogens with one attached hydrogen (secondary N) is 1. The summed E-state index contributed by atoms with van der Waals surface area (Å²) >= 11 is 0. The first-order valence-corrected chi connectivity index (χ1v) is 8.73. The quantitative estimate of drug-likeness (QED) is 0.589. The molecule has 0 fully saturated rings. The zero-order valence-corrected chi connectivity index (χ0v) is 15.2. The van der Waals surface area contributed by atoms with Gasteiger partial charge in [-0.2, -0.15) is 5.10 Å². The van der Waals surface area contributed by atoms with E-state index in [1.165, 1.54) is 0 Å². The maximum absolute atomic E-state index is 12.0. The van der Waals surface area contributed by atoms with Crippen molar-refractivity contribution < 1.29 is 14.3 Å². The highest BCUT2D eigenvalue weighted by Crippen LogP contribution is 2.17. The molecule has 0 atom stereocenters. The Bertz CT molecular complexity index is 847. The van der Waals surface area contributed by atoms with Crippen LogP contribution in [0.25, 0.3) is 0 Å². The smallest absolute Gasteiger partial charge is 0.225 e. The number of hydrogen-bond acceptors (Lipinski definition) is 5. The lowest BCUT2D eigenvalue weighted by atomic mass is 10.3. The zero-order chi connectivity index (χ0) is 18.9. The SMILES string of the molecule is COc1ccc(OCCCC(=O)Nc2ccn(Cc3ccccn3)n2)cc1. The number of ether oxygens (including phenoxy) is 2. The average Bonchev–Trinajstić information content (AvgIpc) is 3.13. The van der Waals surface area contributed by atoms with Crippen LogP contribution in [0.2, 0.25) is 0 Å². The van der Waals surface area contributed by atoms with Crippen molar-refractivity contribution in [1.82, 2.24) is 14.8 Å². The summed E-state index contributed by atoms with van der Waals surface area (Å²) in [4.78, 5) is 16.3. The number of amides is 1. The van der Waals surface area contributed by atoms with Crippen LogP contribution in [0, 0.1) is 0 Å². The predicted molar refractivity (Wildman–Crippen MR) is 102 cm³/mol. The van der Waals surface area contributed by atoms with Crippen molar-refractivity contribution in [3.05, 3.63) is 66.6 Å². The Balaban J connectivity index is 1.38. The van der Waals surface area contributed by atoms with Gasteiger partial charge in [-0.05, 0) is 42.8 Å². The van der Waals surface area contributed by atoms with E-state index in [0.29, 0.717) is 31.8 Å². The summed E-state index contributed by atoms with van der Waals surface area (Å²) in [6, 6.07) is 14.9. The van der Waals surface area contributed by atoms with Crippen LogP contribution in [0.5, 0.6) is 11.5 Å². The lowest BCUT2D eigenvalue weighted by Gasteiger charge is -2.07. The highest BCUT2D eigenvalue weighted by atomic mass is 16.5. The number of nitrogens with zero attached hydrogens (tertiary/aromatic N) is 3. The Kier molecular flexibility index (Phi) is 6.40. The Morgan fingerprint density at radius 3 is 2.67 bits per heavy atom. The fourth-order valence-electron chi connectivity index (χ4n) is 2.47. The summed E-state index contributed by atoms with van der Waals surface area (Å²) < 4.78 is 12.5. The van der Waals surface area contributed by atoms with E-state index >= 15 is 0 Å². The van der Waals surface area contributed by atoms with Gasteiger partial charge in [0, 0.05) is 24.9 Å². The average molecular weight is 366 g/mol. The Morgan fingerprint density at radius 1 is 1.11 bits per heavy atom. The third-order valence-electron chi connectivity index (χ3n) is 3.83. The van der Waals surface area contributed by atoms with Crippen LogP contribution >= 0.6 is 0 Å². The molecule has 0 aliphatic heterocycles. The van der Waals surface area contributed by atoms with E-state index in [9.17, 15) is 4.79 Å². The minimum atomic E-state index is -0.0867. The van der Waals surface area contributed by atoms with Gasteiger partial charge in [-0.25, -0.2) is 0 Å². The Morgan fingerprint density at radius 2 is 1.93 bits per heavy atom. The fourth-order valence-corrected chi connectivity index (χ4v) is 2.47. The summed E-state index contributed by atoms with van der Waals surface area (Å²) in [6.07, 6.45) is 4.54. The molecule has 1 N–H and O–H groups in total. The monoisotopic (exact) mass is 366 g/mol. The van der Waals surface area contributed by atoms with Crippen molar-refractivity contribution in [2.24, 2.45) is 0 Å². The van der Waals surface area contributed by atoms with Crippen molar-refractivity contribution in [2.45, 2.75) is 19.4 Å². The van der Waals surface area contributed by atoms with Crippen LogP contribution in [0.15, 0.2) is 60.9 Å². The number of benzene rings is 1. The van der Waals surface area contributed by atoms with Gasteiger partial charge in [-0.3, -0.25) is 14.5 Å². The Labute approximate surface area is 158 Å². The van der Waals surface area contributed by atoms with Crippen molar-refractivity contribution in [3.8, 4) is 11.5 Å². The molecular weight excluding hydrogens is 344 g/mol. The molecule has 0 aliphatic rings. The standard InChI is InChI=1S/C20H22N4O3/c1-26-17-7-9-18(10-8-17)27-14-4-6-20(25)22-19-11-13-24(23-19)15-16-5-2-3-12-21-16/h2-3,5,7-13H,4,6,14-15H2,1H3,(H,22,23,25). The van der Waals surface area contributed by atoms with E-state index in [4.69, 9.17) is 9.47 Å². The molecular formula is C20H22N4O3. The van der Waals surface area contributed by atoms with Crippen LogP contribution in [-0.4, -0.2) is 34.4 Å². The molecule has 0 radical (unpaired) electrons. The number of rotatable bonds is 9. The van der Waals surface area contributed by atoms with Crippen molar-refractivity contribution in [3.63, 3.8) is 0 Å². The summed E-state index contributed by atoms with van der Waals surface area (Å²) in [7, 11) is 1.62. The normalized spacial score (nSPS) is 10.4. The molecule has 0 bridgehead atoms. The van der Waals surface area contributed by atoms with Gasteiger partial charge in [0.05, 0.1) is 26.0 Å². The molecule has 0 saturated carbocycles.